The van der Waals surface area contributed by atoms with Crippen LogP contribution in [-0.4, -0.2) is 34.0 Å². The second-order valence-electron chi connectivity index (χ2n) is 5.42. The third-order valence-electron chi connectivity index (χ3n) is 4.13. The van der Waals surface area contributed by atoms with E-state index in [1.165, 1.54) is 6.07 Å². The molecule has 0 aromatic carbocycles. The van der Waals surface area contributed by atoms with Crippen LogP contribution < -0.4 is 10.6 Å². The van der Waals surface area contributed by atoms with E-state index in [0.29, 0.717) is 17.7 Å². The Morgan fingerprint density at radius 3 is 2.86 bits per heavy atom. The van der Waals surface area contributed by atoms with Gasteiger partial charge < -0.3 is 10.6 Å². The number of aromatic nitrogens is 2. The number of hydrogen-bond acceptors (Lipinski definition) is 7. The van der Waals surface area contributed by atoms with Gasteiger partial charge in [-0.25, -0.2) is 15.0 Å². The highest BCUT2D eigenvalue weighted by atomic mass is 32.2. The lowest BCUT2D eigenvalue weighted by molar-refractivity contribution is 0.395. The summed E-state index contributed by atoms with van der Waals surface area (Å²) < 4.78 is 13.5. The molecule has 0 bridgehead atoms. The van der Waals surface area contributed by atoms with E-state index >= 15 is 0 Å². The predicted molar refractivity (Wildman–Crippen MR) is 87.8 cm³/mol. The van der Waals surface area contributed by atoms with E-state index in [1.54, 1.807) is 30.2 Å². The zero-order valence-electron chi connectivity index (χ0n) is 11.6. The molecule has 114 valence electrons. The average molecular weight is 335 g/mol. The van der Waals surface area contributed by atoms with Crippen LogP contribution >= 0.6 is 23.1 Å². The van der Waals surface area contributed by atoms with E-state index in [2.05, 4.69) is 14.9 Å². The molecule has 4 heterocycles. The monoisotopic (exact) mass is 335 g/mol. The zero-order valence-corrected chi connectivity index (χ0v) is 13.3. The maximum Gasteiger partial charge on any atom is 0.225 e. The number of thioether (sulfide) groups is 1. The summed E-state index contributed by atoms with van der Waals surface area (Å²) in [5.41, 5.74) is 5.50. The molecule has 2 aliphatic heterocycles. The Kier molecular flexibility index (Phi) is 3.30. The Hall–Kier alpha value is -1.67. The van der Waals surface area contributed by atoms with Gasteiger partial charge in [-0.15, -0.1) is 11.3 Å². The third-order valence-corrected chi connectivity index (χ3v) is 6.12. The van der Waals surface area contributed by atoms with Crippen LogP contribution in [0.4, 0.5) is 10.3 Å². The van der Waals surface area contributed by atoms with Gasteiger partial charge in [-0.2, -0.15) is 4.39 Å². The molecule has 2 aromatic rings. The highest BCUT2D eigenvalue weighted by Crippen LogP contribution is 2.47. The molecular weight excluding hydrogens is 321 g/mol. The highest BCUT2D eigenvalue weighted by Gasteiger charge is 2.51. The zero-order chi connectivity index (χ0) is 15.2. The van der Waals surface area contributed by atoms with Crippen molar-refractivity contribution in [3.05, 3.63) is 40.6 Å². The van der Waals surface area contributed by atoms with Gasteiger partial charge in [0.1, 0.15) is 5.54 Å². The standard InChI is InChI=1S/C14H14FN5S2/c15-11-3-2-10(22-11)14-8-20(13-17-4-1-5-18-13)6-9(14)7-21-12(16)19-14/h1-5,9H,6-8H2,(H2,16,19). The molecule has 0 spiro atoms. The predicted octanol–water partition coefficient (Wildman–Crippen LogP) is 2.07. The largest absolute Gasteiger partial charge is 0.379 e. The number of halogens is 1. The maximum atomic E-state index is 13.5. The first-order chi connectivity index (χ1) is 10.7. The van der Waals surface area contributed by atoms with Gasteiger partial charge in [0.15, 0.2) is 10.3 Å². The molecule has 0 aliphatic carbocycles. The van der Waals surface area contributed by atoms with Crippen molar-refractivity contribution in [1.82, 2.24) is 9.97 Å². The topological polar surface area (TPSA) is 67.4 Å². The molecular formula is C14H14FN5S2. The fourth-order valence-electron chi connectivity index (χ4n) is 3.12. The lowest BCUT2D eigenvalue weighted by atomic mass is 9.87. The first kappa shape index (κ1) is 14.0. The van der Waals surface area contributed by atoms with Gasteiger partial charge in [-0.05, 0) is 18.2 Å². The van der Waals surface area contributed by atoms with Gasteiger partial charge in [0.25, 0.3) is 0 Å². The van der Waals surface area contributed by atoms with Crippen LogP contribution in [0.2, 0.25) is 0 Å². The molecule has 2 N–H and O–H groups in total. The summed E-state index contributed by atoms with van der Waals surface area (Å²) in [7, 11) is 0. The molecule has 8 heteroatoms. The minimum atomic E-state index is -0.483. The smallest absolute Gasteiger partial charge is 0.225 e. The highest BCUT2D eigenvalue weighted by molar-refractivity contribution is 8.13. The molecule has 2 aromatic heterocycles. The van der Waals surface area contributed by atoms with Gasteiger partial charge in [0.05, 0.1) is 6.54 Å². The Labute approximate surface area is 135 Å². The van der Waals surface area contributed by atoms with Gasteiger partial charge in [0.2, 0.25) is 5.95 Å². The summed E-state index contributed by atoms with van der Waals surface area (Å²) in [6, 6.07) is 5.12. The minimum Gasteiger partial charge on any atom is -0.379 e. The summed E-state index contributed by atoms with van der Waals surface area (Å²) in [6.07, 6.45) is 3.46. The quantitative estimate of drug-likeness (QED) is 0.910. The molecule has 0 saturated carbocycles. The van der Waals surface area contributed by atoms with Crippen LogP contribution in [0.15, 0.2) is 35.6 Å². The van der Waals surface area contributed by atoms with Crippen LogP contribution in [0.3, 0.4) is 0 Å². The van der Waals surface area contributed by atoms with Gasteiger partial charge >= 0.3 is 0 Å². The van der Waals surface area contributed by atoms with Crippen molar-refractivity contribution in [2.24, 2.45) is 16.6 Å². The van der Waals surface area contributed by atoms with Crippen LogP contribution in [0.5, 0.6) is 0 Å². The van der Waals surface area contributed by atoms with E-state index < -0.39 is 5.54 Å². The van der Waals surface area contributed by atoms with E-state index in [-0.39, 0.29) is 11.0 Å². The van der Waals surface area contributed by atoms with Crippen LogP contribution in [-0.2, 0) is 5.54 Å². The van der Waals surface area contributed by atoms with Crippen molar-refractivity contribution >= 4 is 34.2 Å². The van der Waals surface area contributed by atoms with Crippen molar-refractivity contribution < 1.29 is 4.39 Å². The summed E-state index contributed by atoms with van der Waals surface area (Å²) in [5.74, 6) is 1.83. The molecule has 0 radical (unpaired) electrons. The summed E-state index contributed by atoms with van der Waals surface area (Å²) in [6.45, 7) is 1.43. The molecule has 0 amide bonds. The van der Waals surface area contributed by atoms with Crippen molar-refractivity contribution in [3.8, 4) is 0 Å². The first-order valence-electron chi connectivity index (χ1n) is 6.93. The Morgan fingerprint density at radius 2 is 2.14 bits per heavy atom. The second-order valence-corrected chi connectivity index (χ2v) is 7.49. The van der Waals surface area contributed by atoms with E-state index in [1.807, 2.05) is 6.07 Å². The van der Waals surface area contributed by atoms with Crippen LogP contribution in [0.1, 0.15) is 4.88 Å². The van der Waals surface area contributed by atoms with Crippen molar-refractivity contribution in [3.63, 3.8) is 0 Å². The number of amidine groups is 1. The Balaban J connectivity index is 1.76. The second kappa shape index (κ2) is 5.20. The molecule has 22 heavy (non-hydrogen) atoms. The SMILES string of the molecule is NC1=NC2(c3ccc(F)s3)CN(c3ncccn3)CC2CS1. The lowest BCUT2D eigenvalue weighted by Crippen LogP contribution is -2.39. The first-order valence-corrected chi connectivity index (χ1v) is 8.73. The van der Waals surface area contributed by atoms with E-state index in [9.17, 15) is 4.39 Å². The molecule has 2 aliphatic rings. The Morgan fingerprint density at radius 1 is 1.32 bits per heavy atom. The van der Waals surface area contributed by atoms with Crippen LogP contribution in [0, 0.1) is 11.0 Å². The molecule has 5 nitrogen and oxygen atoms in total. The molecule has 2 unspecified atom stereocenters. The number of thiophene rings is 1. The molecule has 2 atom stereocenters. The summed E-state index contributed by atoms with van der Waals surface area (Å²) in [4.78, 5) is 16.4. The van der Waals surface area contributed by atoms with Crippen molar-refractivity contribution in [1.29, 1.82) is 0 Å². The number of anilines is 1. The number of fused-ring (bicyclic) bond motifs is 1. The van der Waals surface area contributed by atoms with E-state index in [4.69, 9.17) is 10.7 Å². The number of aliphatic imine (C=N–C) groups is 1. The van der Waals surface area contributed by atoms with E-state index in [0.717, 1.165) is 28.5 Å². The summed E-state index contributed by atoms with van der Waals surface area (Å²) in [5, 5.41) is 0.380. The summed E-state index contributed by atoms with van der Waals surface area (Å²) >= 11 is 2.72. The lowest BCUT2D eigenvalue weighted by Gasteiger charge is -2.33. The van der Waals surface area contributed by atoms with Crippen molar-refractivity contribution in [2.45, 2.75) is 5.54 Å². The maximum absolute atomic E-state index is 13.5. The average Bonchev–Trinajstić information content (AvgIpc) is 3.12. The number of rotatable bonds is 2. The number of nitrogens with zero attached hydrogens (tertiary/aromatic N) is 4. The number of hydrogen-bond donors (Lipinski definition) is 1. The fourth-order valence-corrected chi connectivity index (χ4v) is 5.04. The number of nitrogens with two attached hydrogens (primary N) is 1. The fraction of sp³-hybridized carbons (Fsp3) is 0.357. The molecule has 4 rings (SSSR count). The van der Waals surface area contributed by atoms with Gasteiger partial charge in [0, 0.05) is 35.5 Å². The van der Waals surface area contributed by atoms with Gasteiger partial charge in [-0.3, -0.25) is 0 Å². The normalized spacial score (nSPS) is 27.6. The van der Waals surface area contributed by atoms with Crippen molar-refractivity contribution in [2.75, 3.05) is 23.7 Å². The minimum absolute atomic E-state index is 0.190. The Bertz CT molecular complexity index is 719. The van der Waals surface area contributed by atoms with Gasteiger partial charge in [-0.1, -0.05) is 11.8 Å². The van der Waals surface area contributed by atoms with Crippen LogP contribution in [0.25, 0.3) is 0 Å². The third kappa shape index (κ3) is 2.17. The molecule has 1 fully saturated rings. The molecule has 1 saturated heterocycles.